The predicted octanol–water partition coefficient (Wildman–Crippen LogP) is 26.0. The molecule has 3 heterocycles. The van der Waals surface area contributed by atoms with Crippen LogP contribution in [0.5, 0.6) is 0 Å². The number of furan rings is 2. The molecule has 0 spiro atoms. The number of hydrogen-bond acceptors (Lipinski definition) is 2. The first kappa shape index (κ1) is 54.4. The molecule has 0 amide bonds. The van der Waals surface area contributed by atoms with Crippen LogP contribution in [0, 0.1) is 0 Å². The predicted molar refractivity (Wildman–Crippen MR) is 400 cm³/mol. The Bertz CT molecular complexity index is 6150. The molecule has 0 atom stereocenters. The minimum absolute atomic E-state index is 0.857. The molecule has 15 aromatic carbocycles. The Morgan fingerprint density at radius 1 is 0.253 bits per heavy atom. The van der Waals surface area contributed by atoms with Crippen molar-refractivity contribution in [3.8, 4) is 94.7 Å². The van der Waals surface area contributed by atoms with Crippen molar-refractivity contribution in [3.05, 3.63) is 339 Å². The van der Waals surface area contributed by atoms with E-state index in [4.69, 9.17) is 8.83 Å². The molecule has 0 bridgehead atoms. The zero-order valence-corrected chi connectivity index (χ0v) is 51.9. The second-order valence-corrected chi connectivity index (χ2v) is 25.3. The van der Waals surface area contributed by atoms with E-state index in [0.29, 0.717) is 0 Å². The molecule has 0 radical (unpaired) electrons. The van der Waals surface area contributed by atoms with Crippen LogP contribution in [0.3, 0.4) is 0 Å². The monoisotopic (exact) mass is 1210 g/mol. The summed E-state index contributed by atoms with van der Waals surface area (Å²) in [6.07, 6.45) is 8.75. The summed E-state index contributed by atoms with van der Waals surface area (Å²) in [4.78, 5) is 0. The Labute approximate surface area is 549 Å². The van der Waals surface area contributed by atoms with E-state index in [-0.39, 0.29) is 0 Å². The fourth-order valence-electron chi connectivity index (χ4n) is 15.3. The summed E-state index contributed by atoms with van der Waals surface area (Å²) in [7, 11) is 0. The third kappa shape index (κ3) is 9.19. The summed E-state index contributed by atoms with van der Waals surface area (Å²) < 4.78 is 16.6. The molecule has 0 unspecified atom stereocenters. The minimum Gasteiger partial charge on any atom is -0.455 e. The number of nitrogens with zero attached hydrogens (tertiary/aromatic N) is 1. The van der Waals surface area contributed by atoms with Crippen molar-refractivity contribution < 1.29 is 8.83 Å². The number of benzene rings is 15. The Morgan fingerprint density at radius 3 is 1.14 bits per heavy atom. The average molecular weight is 1210 g/mol. The van der Waals surface area contributed by atoms with Crippen LogP contribution >= 0.6 is 0 Å². The highest BCUT2D eigenvalue weighted by Gasteiger charge is 2.24. The molecule has 1 aliphatic rings. The Morgan fingerprint density at radius 2 is 0.632 bits per heavy atom. The second kappa shape index (κ2) is 22.2. The zero-order valence-electron chi connectivity index (χ0n) is 51.9. The highest BCUT2D eigenvalue weighted by molar-refractivity contribution is 6.22. The van der Waals surface area contributed by atoms with Gasteiger partial charge in [-0.1, -0.05) is 255 Å². The lowest BCUT2D eigenvalue weighted by Crippen LogP contribution is -1.95. The van der Waals surface area contributed by atoms with E-state index in [2.05, 4.69) is 338 Å². The van der Waals surface area contributed by atoms with Gasteiger partial charge in [0.15, 0.2) is 0 Å². The van der Waals surface area contributed by atoms with Gasteiger partial charge in [0.1, 0.15) is 22.3 Å². The Kier molecular flexibility index (Phi) is 12.7. The molecule has 18 aromatic rings. The van der Waals surface area contributed by atoms with Crippen LogP contribution in [0.4, 0.5) is 0 Å². The van der Waals surface area contributed by atoms with E-state index in [0.717, 1.165) is 145 Å². The molecule has 0 saturated carbocycles. The van der Waals surface area contributed by atoms with Crippen LogP contribution in [0.2, 0.25) is 0 Å². The number of fused-ring (bicyclic) bond motifs is 11. The molecule has 0 fully saturated rings. The SMILES string of the molecule is C1=CCCC(c2ccc3oc4c(-c5ccc6c7ccc(-c8cc(-c9ccccc9)cc9c8oc8ccc(-c%10ccccc%10)cc89)cc7n(-c7ccc(-c8ccc9c(-c%10ccccc%10)c%10ccccc%10c(-c%10ccccc%10)c9c8)cc7)c6c5)cc(-c5ccccc5)cc4c3c2)=C1. The molecule has 3 nitrogen and oxygen atoms in total. The second-order valence-electron chi connectivity index (χ2n) is 25.3. The van der Waals surface area contributed by atoms with Gasteiger partial charge in [-0.3, -0.25) is 0 Å². The van der Waals surface area contributed by atoms with Gasteiger partial charge in [-0.2, -0.15) is 0 Å². The third-order valence-electron chi connectivity index (χ3n) is 19.8. The molecule has 95 heavy (non-hydrogen) atoms. The van der Waals surface area contributed by atoms with E-state index in [1.165, 1.54) is 60.5 Å². The van der Waals surface area contributed by atoms with Crippen molar-refractivity contribution >= 4 is 92.8 Å². The molecule has 1 aliphatic carbocycles. The molecule has 3 aromatic heterocycles. The van der Waals surface area contributed by atoms with E-state index in [1.807, 2.05) is 0 Å². The first-order valence-corrected chi connectivity index (χ1v) is 32.9. The first-order chi connectivity index (χ1) is 47.1. The van der Waals surface area contributed by atoms with Crippen molar-refractivity contribution in [3.63, 3.8) is 0 Å². The third-order valence-corrected chi connectivity index (χ3v) is 19.8. The maximum atomic E-state index is 7.06. The van der Waals surface area contributed by atoms with Crippen LogP contribution in [-0.4, -0.2) is 4.57 Å². The molecular formula is C92H59NO2. The van der Waals surface area contributed by atoms with Crippen LogP contribution in [0.15, 0.2) is 343 Å². The van der Waals surface area contributed by atoms with Gasteiger partial charge in [-0.15, -0.1) is 0 Å². The molecule has 0 saturated heterocycles. The number of hydrogen-bond donors (Lipinski definition) is 0. The molecule has 0 N–H and O–H groups in total. The minimum atomic E-state index is 0.857. The maximum Gasteiger partial charge on any atom is 0.143 e. The number of allylic oxidation sites excluding steroid dienone is 4. The lowest BCUT2D eigenvalue weighted by atomic mass is 9.85. The smallest absolute Gasteiger partial charge is 0.143 e. The summed E-state index contributed by atoms with van der Waals surface area (Å²) in [5, 5.41) is 11.6. The highest BCUT2D eigenvalue weighted by Crippen LogP contribution is 2.48. The van der Waals surface area contributed by atoms with Crippen LogP contribution in [0.25, 0.3) is 188 Å². The number of rotatable bonds is 10. The van der Waals surface area contributed by atoms with Crippen molar-refractivity contribution in [2.24, 2.45) is 0 Å². The fourth-order valence-corrected chi connectivity index (χ4v) is 15.3. The van der Waals surface area contributed by atoms with Crippen LogP contribution in [-0.2, 0) is 0 Å². The Hall–Kier alpha value is -12.3. The molecule has 444 valence electrons. The van der Waals surface area contributed by atoms with Crippen molar-refractivity contribution in [1.29, 1.82) is 0 Å². The van der Waals surface area contributed by atoms with Gasteiger partial charge < -0.3 is 13.4 Å². The van der Waals surface area contributed by atoms with Crippen molar-refractivity contribution in [1.82, 2.24) is 4.57 Å². The fraction of sp³-hybridized carbons (Fsp3) is 0.0217. The summed E-state index contributed by atoms with van der Waals surface area (Å²) >= 11 is 0. The van der Waals surface area contributed by atoms with Gasteiger partial charge in [0, 0.05) is 49.1 Å². The largest absolute Gasteiger partial charge is 0.455 e. The molecular weight excluding hydrogens is 1150 g/mol. The Balaban J connectivity index is 0.830. The van der Waals surface area contributed by atoms with Crippen LogP contribution < -0.4 is 0 Å². The molecule has 3 heteroatoms. The quantitative estimate of drug-likeness (QED) is 0.128. The molecule has 19 rings (SSSR count). The summed E-state index contributed by atoms with van der Waals surface area (Å²) in [5.74, 6) is 0. The van der Waals surface area contributed by atoms with Gasteiger partial charge in [0.25, 0.3) is 0 Å². The van der Waals surface area contributed by atoms with E-state index >= 15 is 0 Å². The lowest BCUT2D eigenvalue weighted by Gasteiger charge is -2.19. The van der Waals surface area contributed by atoms with Crippen LogP contribution in [0.1, 0.15) is 18.4 Å². The van der Waals surface area contributed by atoms with E-state index in [9.17, 15) is 0 Å². The zero-order chi connectivity index (χ0) is 62.5. The summed E-state index contributed by atoms with van der Waals surface area (Å²) in [6, 6.07) is 116. The van der Waals surface area contributed by atoms with Gasteiger partial charge in [-0.05, 0) is 202 Å². The lowest BCUT2D eigenvalue weighted by molar-refractivity contribution is 0.669. The number of aromatic nitrogens is 1. The van der Waals surface area contributed by atoms with Gasteiger partial charge in [0.05, 0.1) is 11.0 Å². The van der Waals surface area contributed by atoms with Crippen molar-refractivity contribution in [2.75, 3.05) is 0 Å². The topological polar surface area (TPSA) is 31.2 Å². The normalized spacial score (nSPS) is 12.6. The van der Waals surface area contributed by atoms with Gasteiger partial charge in [-0.25, -0.2) is 0 Å². The molecule has 0 aliphatic heterocycles. The van der Waals surface area contributed by atoms with Crippen molar-refractivity contribution in [2.45, 2.75) is 12.8 Å². The van der Waals surface area contributed by atoms with Gasteiger partial charge >= 0.3 is 0 Å². The highest BCUT2D eigenvalue weighted by atomic mass is 16.3. The summed E-state index contributed by atoms with van der Waals surface area (Å²) in [5.41, 5.74) is 27.6. The average Bonchev–Trinajstić information content (AvgIpc) is 1.70. The first-order valence-electron chi connectivity index (χ1n) is 32.9. The van der Waals surface area contributed by atoms with E-state index in [1.54, 1.807) is 0 Å². The maximum absolute atomic E-state index is 7.06. The van der Waals surface area contributed by atoms with E-state index < -0.39 is 0 Å². The standard InChI is InChI=1S/C92H59NO2/c1-7-21-58(22-8-1)66-40-47-87-80(49-66)83-54-70(60-25-11-3-12-26-60)52-78(91(83)94-87)68-38-44-73-74-45-39-69(79-53-71(61-27-13-4-14-28-61)55-84-81-50-67(59-23-9-2-10-24-59)41-48-88(81)95-92(79)84)57-86(74)93(85(73)56-68)72-42-35-62(36-43-72)65-37-46-77-82(51-65)90(64-31-17-6-18-32-64)76-34-20-19-33-75(76)89(77)63-29-15-5-16-30-63/h1-9,11-23,25-57H,10,24H2. The summed E-state index contributed by atoms with van der Waals surface area (Å²) in [6.45, 7) is 0. The van der Waals surface area contributed by atoms with Gasteiger partial charge in [0.2, 0.25) is 0 Å².